The van der Waals surface area contributed by atoms with Crippen molar-refractivity contribution < 1.29 is 49.3 Å². The van der Waals surface area contributed by atoms with Crippen LogP contribution >= 0.6 is 0 Å². The van der Waals surface area contributed by atoms with Crippen LogP contribution in [0.25, 0.3) is 0 Å². The molecule has 412 valence electrons. The fourth-order valence-corrected chi connectivity index (χ4v) is 9.35. The van der Waals surface area contributed by atoms with Crippen molar-refractivity contribution in [3.05, 3.63) is 24.3 Å². The molecule has 0 aliphatic carbocycles. The first-order valence-electron chi connectivity index (χ1n) is 29.6. The zero-order chi connectivity index (χ0) is 51.1. The van der Waals surface area contributed by atoms with Gasteiger partial charge in [0.2, 0.25) is 5.91 Å². The van der Waals surface area contributed by atoms with Gasteiger partial charge >= 0.3 is 5.97 Å². The summed E-state index contributed by atoms with van der Waals surface area (Å²) in [4.78, 5) is 26.5. The van der Waals surface area contributed by atoms with E-state index in [9.17, 15) is 35.1 Å². The van der Waals surface area contributed by atoms with Crippen LogP contribution in [0.15, 0.2) is 24.3 Å². The molecule has 0 aromatic rings. The summed E-state index contributed by atoms with van der Waals surface area (Å²) in [6.45, 7) is 5.78. The van der Waals surface area contributed by atoms with E-state index in [1.54, 1.807) is 6.08 Å². The standard InChI is InChI=1S/C59H111NO10/c1-4-7-10-13-16-19-22-25-27-29-32-35-38-41-44-47-54(64)70-57-56(66)55(65)53(48-61)69-59(57)68-49-50(51(62)45-42-39-36-33-30-24-21-18-15-12-9-6-3)60-58(67)52(63)46-43-40-37-34-31-28-26-23-20-17-14-11-8-5-2/h19,22,42,45,50-53,55-57,59,61-63,65-66H,4-18,20-21,23-41,43-44,46-49H2,1-3H3,(H,60,67)/b22-19-,45-42+. The molecule has 8 atom stereocenters. The highest BCUT2D eigenvalue weighted by atomic mass is 16.7. The van der Waals surface area contributed by atoms with E-state index in [4.69, 9.17) is 14.2 Å². The predicted molar refractivity (Wildman–Crippen MR) is 288 cm³/mol. The van der Waals surface area contributed by atoms with E-state index in [1.165, 1.54) is 161 Å². The molecule has 0 radical (unpaired) electrons. The first-order valence-corrected chi connectivity index (χ1v) is 29.6. The third-order valence-corrected chi connectivity index (χ3v) is 14.1. The van der Waals surface area contributed by atoms with Gasteiger partial charge in [0.1, 0.15) is 24.4 Å². The largest absolute Gasteiger partial charge is 0.454 e. The van der Waals surface area contributed by atoms with Crippen molar-refractivity contribution in [3.8, 4) is 0 Å². The van der Waals surface area contributed by atoms with E-state index in [-0.39, 0.29) is 13.0 Å². The first-order chi connectivity index (χ1) is 34.2. The molecule has 11 heteroatoms. The normalized spacial score (nSPS) is 19.8. The van der Waals surface area contributed by atoms with Gasteiger partial charge in [0.15, 0.2) is 12.4 Å². The molecule has 0 saturated carbocycles. The lowest BCUT2D eigenvalue weighted by atomic mass is 9.99. The molecular weight excluding hydrogens is 883 g/mol. The predicted octanol–water partition coefficient (Wildman–Crippen LogP) is 13.3. The maximum Gasteiger partial charge on any atom is 0.306 e. The monoisotopic (exact) mass is 994 g/mol. The average Bonchev–Trinajstić information content (AvgIpc) is 3.36. The highest BCUT2D eigenvalue weighted by Crippen LogP contribution is 2.26. The first kappa shape index (κ1) is 66.2. The Kier molecular flexibility index (Phi) is 45.5. The summed E-state index contributed by atoms with van der Waals surface area (Å²) < 4.78 is 17.6. The van der Waals surface area contributed by atoms with Crippen molar-refractivity contribution in [1.82, 2.24) is 5.32 Å². The van der Waals surface area contributed by atoms with Gasteiger partial charge in [0.25, 0.3) is 0 Å². The second-order valence-electron chi connectivity index (χ2n) is 20.7. The van der Waals surface area contributed by atoms with Gasteiger partial charge in [0, 0.05) is 6.42 Å². The number of carbonyl (C=O) groups excluding carboxylic acids is 2. The molecule has 11 nitrogen and oxygen atoms in total. The Morgan fingerprint density at radius 1 is 0.543 bits per heavy atom. The number of amides is 1. The smallest absolute Gasteiger partial charge is 0.306 e. The van der Waals surface area contributed by atoms with Crippen LogP contribution in [0.3, 0.4) is 0 Å². The maximum atomic E-state index is 13.4. The number of carbonyl (C=O) groups is 2. The van der Waals surface area contributed by atoms with E-state index in [2.05, 4.69) is 38.2 Å². The highest BCUT2D eigenvalue weighted by molar-refractivity contribution is 5.80. The van der Waals surface area contributed by atoms with Crippen molar-refractivity contribution in [2.45, 2.75) is 327 Å². The molecule has 1 aliphatic rings. The van der Waals surface area contributed by atoms with Gasteiger partial charge in [-0.1, -0.05) is 244 Å². The molecule has 6 N–H and O–H groups in total. The SMILES string of the molecule is CCCCCC/C=C\CCCCCCCCCC(=O)OC1C(OCC(NC(=O)C(O)CCCCCCCCCCCCCCCC)C(O)/C=C/CCCCCCCCCCCC)OC(CO)C(O)C1O. The van der Waals surface area contributed by atoms with Gasteiger partial charge in [0.05, 0.1) is 25.4 Å². The summed E-state index contributed by atoms with van der Waals surface area (Å²) in [5.41, 5.74) is 0. The molecule has 1 heterocycles. The van der Waals surface area contributed by atoms with Crippen LogP contribution in [-0.4, -0.2) is 99.6 Å². The van der Waals surface area contributed by atoms with Gasteiger partial charge in [-0.05, 0) is 51.4 Å². The van der Waals surface area contributed by atoms with Crippen LogP contribution < -0.4 is 5.32 Å². The van der Waals surface area contributed by atoms with Crippen LogP contribution in [0, 0.1) is 0 Å². The number of hydrogen-bond donors (Lipinski definition) is 6. The summed E-state index contributed by atoms with van der Waals surface area (Å²) in [6.07, 6.45) is 43.6. The number of hydrogen-bond acceptors (Lipinski definition) is 10. The molecule has 1 saturated heterocycles. The number of nitrogens with one attached hydrogen (secondary N) is 1. The van der Waals surface area contributed by atoms with Gasteiger partial charge in [-0.25, -0.2) is 0 Å². The molecule has 8 unspecified atom stereocenters. The Balaban J connectivity index is 2.71. The Morgan fingerprint density at radius 3 is 1.40 bits per heavy atom. The van der Waals surface area contributed by atoms with Gasteiger partial charge in [-0.15, -0.1) is 0 Å². The van der Waals surface area contributed by atoms with Crippen molar-refractivity contribution in [3.63, 3.8) is 0 Å². The Morgan fingerprint density at radius 2 is 0.943 bits per heavy atom. The molecule has 0 aromatic heterocycles. The summed E-state index contributed by atoms with van der Waals surface area (Å²) >= 11 is 0. The van der Waals surface area contributed by atoms with Crippen LogP contribution in [0.1, 0.15) is 278 Å². The Hall–Kier alpha value is -1.86. The Labute approximate surface area is 429 Å². The lowest BCUT2D eigenvalue weighted by Gasteiger charge is -2.41. The van der Waals surface area contributed by atoms with Gasteiger partial charge in [-0.3, -0.25) is 9.59 Å². The quantitative estimate of drug-likeness (QED) is 0.0195. The molecule has 70 heavy (non-hydrogen) atoms. The molecule has 1 rings (SSSR count). The molecule has 0 bridgehead atoms. The fraction of sp³-hybridized carbons (Fsp3) is 0.898. The van der Waals surface area contributed by atoms with E-state index < -0.39 is 67.4 Å². The number of aliphatic hydroxyl groups is 5. The molecule has 0 spiro atoms. The third kappa shape index (κ3) is 36.1. The highest BCUT2D eigenvalue weighted by Gasteiger charge is 2.47. The van der Waals surface area contributed by atoms with Gasteiger partial charge in [-0.2, -0.15) is 0 Å². The van der Waals surface area contributed by atoms with Gasteiger partial charge < -0.3 is 45.1 Å². The lowest BCUT2D eigenvalue weighted by molar-refractivity contribution is -0.305. The van der Waals surface area contributed by atoms with Crippen molar-refractivity contribution in [1.29, 1.82) is 0 Å². The van der Waals surface area contributed by atoms with Crippen molar-refractivity contribution in [2.75, 3.05) is 13.2 Å². The minimum Gasteiger partial charge on any atom is -0.454 e. The summed E-state index contributed by atoms with van der Waals surface area (Å²) in [5, 5.41) is 56.8. The van der Waals surface area contributed by atoms with Crippen molar-refractivity contribution in [2.24, 2.45) is 0 Å². The van der Waals surface area contributed by atoms with Crippen LogP contribution in [0.5, 0.6) is 0 Å². The van der Waals surface area contributed by atoms with Crippen LogP contribution in [0.2, 0.25) is 0 Å². The number of aliphatic hydroxyl groups excluding tert-OH is 5. The second kappa shape index (κ2) is 48.1. The second-order valence-corrected chi connectivity index (χ2v) is 20.7. The van der Waals surface area contributed by atoms with Crippen LogP contribution in [-0.2, 0) is 23.8 Å². The average molecular weight is 995 g/mol. The molecule has 1 aliphatic heterocycles. The van der Waals surface area contributed by atoms with E-state index >= 15 is 0 Å². The number of ether oxygens (including phenoxy) is 3. The minimum absolute atomic E-state index is 0.122. The third-order valence-electron chi connectivity index (χ3n) is 14.1. The molecule has 1 amide bonds. The zero-order valence-corrected chi connectivity index (χ0v) is 45.4. The summed E-state index contributed by atoms with van der Waals surface area (Å²) in [5.74, 6) is -1.19. The summed E-state index contributed by atoms with van der Waals surface area (Å²) in [7, 11) is 0. The lowest BCUT2D eigenvalue weighted by Crippen LogP contribution is -2.61. The topological polar surface area (TPSA) is 175 Å². The summed E-state index contributed by atoms with van der Waals surface area (Å²) in [6, 6.07) is -1.02. The maximum absolute atomic E-state index is 13.4. The van der Waals surface area contributed by atoms with E-state index in [1.807, 2.05) is 6.08 Å². The fourth-order valence-electron chi connectivity index (χ4n) is 9.35. The Bertz CT molecular complexity index is 1230. The number of allylic oxidation sites excluding steroid dienone is 3. The van der Waals surface area contributed by atoms with E-state index in [0.717, 1.165) is 70.6 Å². The number of unbranched alkanes of at least 4 members (excludes halogenated alkanes) is 34. The number of rotatable bonds is 50. The number of esters is 1. The van der Waals surface area contributed by atoms with E-state index in [0.29, 0.717) is 19.3 Å². The molecule has 1 fully saturated rings. The zero-order valence-electron chi connectivity index (χ0n) is 45.4. The van der Waals surface area contributed by atoms with Crippen molar-refractivity contribution >= 4 is 11.9 Å². The van der Waals surface area contributed by atoms with Crippen LogP contribution in [0.4, 0.5) is 0 Å². The molecule has 0 aromatic carbocycles. The molecular formula is C59H111NO10. The minimum atomic E-state index is -1.61.